The van der Waals surface area contributed by atoms with Crippen LogP contribution in [0, 0.1) is 6.92 Å². The maximum atomic E-state index is 12.8. The largest absolute Gasteiger partial charge is 0.325 e. The molecule has 150 valence electrons. The number of anilines is 1. The van der Waals surface area contributed by atoms with Gasteiger partial charge in [0.05, 0.1) is 11.6 Å². The average Bonchev–Trinajstić information content (AvgIpc) is 2.64. The van der Waals surface area contributed by atoms with Crippen molar-refractivity contribution in [3.63, 3.8) is 0 Å². The molecule has 1 heterocycles. The number of nitrogens with zero attached hydrogens (tertiary/aromatic N) is 2. The van der Waals surface area contributed by atoms with Gasteiger partial charge in [-0.05, 0) is 42.8 Å². The molecule has 1 N–H and O–H groups in total. The third-order valence-electron chi connectivity index (χ3n) is 4.51. The fraction of sp³-hybridized carbons (Fsp3) is 0.316. The second kappa shape index (κ2) is 8.80. The van der Waals surface area contributed by atoms with E-state index in [4.69, 9.17) is 23.2 Å². The molecule has 9 heteroatoms. The fourth-order valence-electron chi connectivity index (χ4n) is 3.07. The second-order valence-corrected chi connectivity index (χ2v) is 9.42. The van der Waals surface area contributed by atoms with E-state index in [0.29, 0.717) is 18.1 Å². The van der Waals surface area contributed by atoms with E-state index in [9.17, 15) is 13.2 Å². The lowest BCUT2D eigenvalue weighted by molar-refractivity contribution is -0.117. The lowest BCUT2D eigenvalue weighted by Crippen LogP contribution is -2.50. The molecule has 2 aromatic rings. The van der Waals surface area contributed by atoms with Crippen molar-refractivity contribution in [1.82, 2.24) is 9.21 Å². The first-order valence-corrected chi connectivity index (χ1v) is 11.0. The van der Waals surface area contributed by atoms with E-state index in [2.05, 4.69) is 5.32 Å². The molecule has 0 atom stereocenters. The molecular weight excluding hydrogens is 421 g/mol. The first-order valence-electron chi connectivity index (χ1n) is 8.80. The third kappa shape index (κ3) is 5.04. The van der Waals surface area contributed by atoms with Crippen LogP contribution >= 0.6 is 23.2 Å². The molecule has 1 amide bonds. The lowest BCUT2D eigenvalue weighted by Gasteiger charge is -2.33. The van der Waals surface area contributed by atoms with E-state index >= 15 is 0 Å². The molecule has 0 spiro atoms. The van der Waals surface area contributed by atoms with Gasteiger partial charge in [0.2, 0.25) is 15.9 Å². The number of carbonyl (C=O) groups is 1. The Morgan fingerprint density at radius 3 is 2.46 bits per heavy atom. The van der Waals surface area contributed by atoms with Gasteiger partial charge in [-0.1, -0.05) is 35.3 Å². The van der Waals surface area contributed by atoms with Gasteiger partial charge in [0.25, 0.3) is 0 Å². The Balaban J connectivity index is 1.58. The lowest BCUT2D eigenvalue weighted by atomic mass is 10.2. The molecule has 0 aromatic heterocycles. The number of benzene rings is 2. The van der Waals surface area contributed by atoms with Crippen LogP contribution in [0.15, 0.2) is 47.4 Å². The van der Waals surface area contributed by atoms with Crippen molar-refractivity contribution in [2.45, 2.75) is 11.8 Å². The summed E-state index contributed by atoms with van der Waals surface area (Å²) in [5.74, 6) is -0.125. The summed E-state index contributed by atoms with van der Waals surface area (Å²) in [6, 6.07) is 12.0. The zero-order chi connectivity index (χ0) is 20.3. The van der Waals surface area contributed by atoms with Crippen molar-refractivity contribution in [3.05, 3.63) is 58.1 Å². The van der Waals surface area contributed by atoms with Crippen LogP contribution < -0.4 is 5.32 Å². The topological polar surface area (TPSA) is 69.7 Å². The second-order valence-electron chi connectivity index (χ2n) is 6.67. The Hall–Kier alpha value is -1.64. The van der Waals surface area contributed by atoms with Gasteiger partial charge >= 0.3 is 0 Å². The summed E-state index contributed by atoms with van der Waals surface area (Å²) >= 11 is 12.0. The number of hydrogen-bond acceptors (Lipinski definition) is 4. The number of carbonyl (C=O) groups excluding carboxylic acids is 1. The summed E-state index contributed by atoms with van der Waals surface area (Å²) < 4.78 is 27.1. The summed E-state index contributed by atoms with van der Waals surface area (Å²) in [6.07, 6.45) is 0. The minimum atomic E-state index is -3.73. The Morgan fingerprint density at radius 2 is 1.79 bits per heavy atom. The summed E-state index contributed by atoms with van der Waals surface area (Å²) in [5, 5.41) is 3.32. The molecule has 6 nitrogen and oxygen atoms in total. The van der Waals surface area contributed by atoms with Crippen LogP contribution in [-0.2, 0) is 14.8 Å². The van der Waals surface area contributed by atoms with E-state index in [0.717, 1.165) is 11.3 Å². The first-order chi connectivity index (χ1) is 13.3. The molecule has 1 aliphatic rings. The smallest absolute Gasteiger partial charge is 0.244 e. The van der Waals surface area contributed by atoms with Crippen molar-refractivity contribution in [3.8, 4) is 0 Å². The van der Waals surface area contributed by atoms with Gasteiger partial charge in [-0.25, -0.2) is 8.42 Å². The van der Waals surface area contributed by atoms with E-state index in [1.807, 2.05) is 36.1 Å². The predicted molar refractivity (Wildman–Crippen MR) is 111 cm³/mol. The fourth-order valence-corrected chi connectivity index (χ4v) is 5.23. The molecule has 0 aliphatic carbocycles. The van der Waals surface area contributed by atoms with Crippen molar-refractivity contribution < 1.29 is 13.2 Å². The number of nitrogens with one attached hydrogen (secondary N) is 1. The Kier molecular flexibility index (Phi) is 6.62. The van der Waals surface area contributed by atoms with Crippen LogP contribution in [-0.4, -0.2) is 56.3 Å². The zero-order valence-corrected chi connectivity index (χ0v) is 17.7. The number of halogens is 2. The number of hydrogen-bond donors (Lipinski definition) is 1. The quantitative estimate of drug-likeness (QED) is 0.772. The highest BCUT2D eigenvalue weighted by molar-refractivity contribution is 7.89. The van der Waals surface area contributed by atoms with Gasteiger partial charge in [-0.2, -0.15) is 4.31 Å². The van der Waals surface area contributed by atoms with Gasteiger partial charge in [-0.15, -0.1) is 0 Å². The standard InChI is InChI=1S/C19H21Cl2N3O3S/c1-14-3-2-4-16(11-14)22-19(25)13-23-7-9-24(10-8-23)28(26,27)18-12-15(20)5-6-17(18)21/h2-6,11-12H,7-10,13H2,1H3,(H,22,25). The first kappa shape index (κ1) is 21.1. The van der Waals surface area contributed by atoms with Gasteiger partial charge in [0.15, 0.2) is 0 Å². The highest BCUT2D eigenvalue weighted by atomic mass is 35.5. The highest BCUT2D eigenvalue weighted by Gasteiger charge is 2.30. The van der Waals surface area contributed by atoms with Gasteiger partial charge in [0, 0.05) is 36.9 Å². The normalized spacial score (nSPS) is 16.1. The number of sulfonamides is 1. The van der Waals surface area contributed by atoms with E-state index in [1.54, 1.807) is 6.07 Å². The number of piperazine rings is 1. The number of amides is 1. The molecular formula is C19H21Cl2N3O3S. The summed E-state index contributed by atoms with van der Waals surface area (Å²) in [4.78, 5) is 14.2. The summed E-state index contributed by atoms with van der Waals surface area (Å²) in [6.45, 7) is 3.64. The SMILES string of the molecule is Cc1cccc(NC(=O)CN2CCN(S(=O)(=O)c3cc(Cl)ccc3Cl)CC2)c1. The highest BCUT2D eigenvalue weighted by Crippen LogP contribution is 2.28. The maximum absolute atomic E-state index is 12.8. The third-order valence-corrected chi connectivity index (χ3v) is 7.13. The summed E-state index contributed by atoms with van der Waals surface area (Å²) in [7, 11) is -3.73. The zero-order valence-electron chi connectivity index (χ0n) is 15.4. The Morgan fingerprint density at radius 1 is 1.07 bits per heavy atom. The van der Waals surface area contributed by atoms with Crippen LogP contribution in [0.5, 0.6) is 0 Å². The molecule has 0 bridgehead atoms. The molecule has 0 radical (unpaired) electrons. The molecule has 0 saturated carbocycles. The molecule has 1 fully saturated rings. The van der Waals surface area contributed by atoms with E-state index in [-0.39, 0.29) is 35.5 Å². The Bertz CT molecular complexity index is 974. The molecule has 2 aromatic carbocycles. The van der Waals surface area contributed by atoms with E-state index < -0.39 is 10.0 Å². The molecule has 3 rings (SSSR count). The van der Waals surface area contributed by atoms with Crippen molar-refractivity contribution in [1.29, 1.82) is 0 Å². The van der Waals surface area contributed by atoms with Crippen molar-refractivity contribution in [2.75, 3.05) is 38.0 Å². The van der Waals surface area contributed by atoms with Crippen LogP contribution in [0.2, 0.25) is 10.0 Å². The average molecular weight is 442 g/mol. The minimum Gasteiger partial charge on any atom is -0.325 e. The van der Waals surface area contributed by atoms with E-state index in [1.165, 1.54) is 16.4 Å². The number of rotatable bonds is 5. The molecule has 0 unspecified atom stereocenters. The van der Waals surface area contributed by atoms with Crippen molar-refractivity contribution >= 4 is 44.8 Å². The molecule has 28 heavy (non-hydrogen) atoms. The van der Waals surface area contributed by atoms with Gasteiger partial charge in [0.1, 0.15) is 4.90 Å². The van der Waals surface area contributed by atoms with Crippen LogP contribution in [0.25, 0.3) is 0 Å². The van der Waals surface area contributed by atoms with Gasteiger partial charge in [-0.3, -0.25) is 9.69 Å². The van der Waals surface area contributed by atoms with Crippen LogP contribution in [0.4, 0.5) is 5.69 Å². The minimum absolute atomic E-state index is 0.00677. The monoisotopic (exact) mass is 441 g/mol. The number of aryl methyl sites for hydroxylation is 1. The maximum Gasteiger partial charge on any atom is 0.244 e. The van der Waals surface area contributed by atoms with Crippen molar-refractivity contribution in [2.24, 2.45) is 0 Å². The Labute approximate surface area is 175 Å². The molecule has 1 aliphatic heterocycles. The van der Waals surface area contributed by atoms with Crippen LogP contribution in [0.1, 0.15) is 5.56 Å². The van der Waals surface area contributed by atoms with Crippen LogP contribution in [0.3, 0.4) is 0 Å². The predicted octanol–water partition coefficient (Wildman–Crippen LogP) is 3.25. The summed E-state index contributed by atoms with van der Waals surface area (Å²) in [5.41, 5.74) is 1.82. The van der Waals surface area contributed by atoms with Gasteiger partial charge < -0.3 is 5.32 Å². The molecule has 1 saturated heterocycles.